The second-order valence-electron chi connectivity index (χ2n) is 13.5. The highest BCUT2D eigenvalue weighted by Crippen LogP contribution is 2.35. The Labute approximate surface area is 307 Å². The number of rotatable bonds is 18. The van der Waals surface area contributed by atoms with Crippen LogP contribution in [0.1, 0.15) is 106 Å². The van der Waals surface area contributed by atoms with Crippen molar-refractivity contribution in [3.05, 3.63) is 96.4 Å². The van der Waals surface area contributed by atoms with Crippen molar-refractivity contribution in [2.24, 2.45) is 18.1 Å². The molecule has 10 nitrogen and oxygen atoms in total. The third-order valence-electron chi connectivity index (χ3n) is 9.45. The van der Waals surface area contributed by atoms with Crippen LogP contribution in [-0.2, 0) is 16.6 Å². The molecule has 1 saturated carbocycles. The van der Waals surface area contributed by atoms with Crippen LogP contribution in [0.25, 0.3) is 22.2 Å². The number of unbranched alkanes of at least 4 members (excludes halogenated alkanes) is 1. The number of amides is 3. The standard InChI is InChI=1S/C42H53N7O3/c1-3-4-5-6-7-8-9-10-11-12-13-14-15-16-17-18-22-25-37(50)47-40(31-23-20-19-21-24-31)42(52)45-33-26-34-38-35(29-43-48-41(34)51)39(46-36(38)27-33)32-28-44-49(2)30-32/h4-5,7-8,10-11,13-14,16-17,26-31,40,46H,3,6,9,12,15,18-25H2,1-2H3,(H,45,52)(H,47,50)(H,48,51)/b5-4-,8-7-,11-10-,14-13-,17-16-/t40-/m1/s1. The summed E-state index contributed by atoms with van der Waals surface area (Å²) in [5, 5.41) is 15.3. The van der Waals surface area contributed by atoms with E-state index in [1.807, 2.05) is 19.3 Å². The van der Waals surface area contributed by atoms with Crippen molar-refractivity contribution in [1.82, 2.24) is 25.5 Å². The highest BCUT2D eigenvalue weighted by atomic mass is 16.2. The van der Waals surface area contributed by atoms with Gasteiger partial charge in [-0.15, -0.1) is 0 Å². The molecule has 0 unspecified atom stereocenters. The fourth-order valence-electron chi connectivity index (χ4n) is 6.81. The van der Waals surface area contributed by atoms with Gasteiger partial charge in [-0.2, -0.15) is 10.2 Å². The number of nitrogens with zero attached hydrogens (tertiary/aromatic N) is 3. The van der Waals surface area contributed by atoms with E-state index in [0.717, 1.165) is 92.8 Å². The lowest BCUT2D eigenvalue weighted by Crippen LogP contribution is -2.49. The molecule has 0 bridgehead atoms. The van der Waals surface area contributed by atoms with Gasteiger partial charge in [0.05, 0.1) is 23.7 Å². The molecule has 1 aromatic carbocycles. The first kappa shape index (κ1) is 38.0. The molecule has 4 N–H and O–H groups in total. The number of H-pyrrole nitrogens is 1. The maximum absolute atomic E-state index is 13.9. The zero-order valence-corrected chi connectivity index (χ0v) is 30.6. The highest BCUT2D eigenvalue weighted by molar-refractivity contribution is 6.18. The third kappa shape index (κ3) is 10.9. The van der Waals surface area contributed by atoms with Crippen molar-refractivity contribution in [2.75, 3.05) is 5.32 Å². The van der Waals surface area contributed by atoms with E-state index < -0.39 is 6.04 Å². The molecule has 3 aromatic rings. The van der Waals surface area contributed by atoms with Gasteiger partial charge in [-0.3, -0.25) is 19.1 Å². The molecule has 1 fully saturated rings. The lowest BCUT2D eigenvalue weighted by atomic mass is 9.83. The Morgan fingerprint density at radius 1 is 0.942 bits per heavy atom. The predicted molar refractivity (Wildman–Crippen MR) is 211 cm³/mol. The average molecular weight is 704 g/mol. The van der Waals surface area contributed by atoms with Crippen LogP contribution in [0, 0.1) is 5.92 Å². The number of hydrogen-bond acceptors (Lipinski definition) is 5. The molecule has 3 heterocycles. The number of carbonyl (C=O) groups excluding carboxylic acids is 3. The zero-order chi connectivity index (χ0) is 36.5. The van der Waals surface area contributed by atoms with Crippen LogP contribution in [0.15, 0.2) is 90.4 Å². The lowest BCUT2D eigenvalue weighted by molar-refractivity contribution is -0.128. The molecule has 10 heteroatoms. The number of nitrogens with one attached hydrogen (secondary N) is 4. The summed E-state index contributed by atoms with van der Waals surface area (Å²) in [6.07, 6.45) is 38.7. The molecule has 5 rings (SSSR count). The van der Waals surface area contributed by atoms with Gasteiger partial charge < -0.3 is 15.6 Å². The molecule has 52 heavy (non-hydrogen) atoms. The number of allylic oxidation sites excluding steroid dienone is 10. The van der Waals surface area contributed by atoms with Crippen LogP contribution in [-0.4, -0.2) is 44.7 Å². The van der Waals surface area contributed by atoms with E-state index in [0.29, 0.717) is 29.6 Å². The number of hydrogen-bond donors (Lipinski definition) is 4. The Morgan fingerprint density at radius 3 is 2.27 bits per heavy atom. The summed E-state index contributed by atoms with van der Waals surface area (Å²) in [5.74, 6) is -0.696. The Hall–Kier alpha value is -5.25. The molecule has 2 aromatic heterocycles. The van der Waals surface area contributed by atoms with Crippen molar-refractivity contribution < 1.29 is 14.4 Å². The van der Waals surface area contributed by atoms with Crippen LogP contribution in [0.2, 0.25) is 0 Å². The average Bonchev–Trinajstić information content (AvgIpc) is 3.69. The number of benzene rings is 1. The molecule has 0 spiro atoms. The Balaban J connectivity index is 1.13. The number of carbonyl (C=O) groups is 3. The van der Waals surface area contributed by atoms with Gasteiger partial charge in [0.15, 0.2) is 0 Å². The van der Waals surface area contributed by atoms with Gasteiger partial charge in [0, 0.05) is 47.4 Å². The molecular formula is C42H53N7O3. The van der Waals surface area contributed by atoms with Crippen LogP contribution in [0.5, 0.6) is 0 Å². The SMILES string of the molecule is CC/C=C\C/C=C\C/C=C\C/C=C\C/C=C\CCCC(=O)N[C@@H](C(=O)Nc1cc2c3c(c(-c4cnn(C)c4)[nH]c3c1)C=NNC2=O)C1CCCCC1. The quantitative estimate of drug-likeness (QED) is 0.0780. The molecule has 1 aliphatic heterocycles. The van der Waals surface area contributed by atoms with Crippen LogP contribution in [0.3, 0.4) is 0 Å². The van der Waals surface area contributed by atoms with Crippen molar-refractivity contribution >= 4 is 40.5 Å². The summed E-state index contributed by atoms with van der Waals surface area (Å²) in [4.78, 5) is 43.5. The van der Waals surface area contributed by atoms with E-state index in [4.69, 9.17) is 0 Å². The first-order chi connectivity index (χ1) is 25.4. The maximum Gasteiger partial charge on any atom is 0.272 e. The van der Waals surface area contributed by atoms with Gasteiger partial charge >= 0.3 is 0 Å². The van der Waals surface area contributed by atoms with Gasteiger partial charge in [0.2, 0.25) is 11.8 Å². The summed E-state index contributed by atoms with van der Waals surface area (Å²) < 4.78 is 1.71. The Morgan fingerprint density at radius 2 is 1.62 bits per heavy atom. The van der Waals surface area contributed by atoms with Crippen molar-refractivity contribution in [3.8, 4) is 11.3 Å². The number of aromatic nitrogens is 3. The van der Waals surface area contributed by atoms with E-state index in [-0.39, 0.29) is 23.6 Å². The molecule has 2 aliphatic rings. The zero-order valence-electron chi connectivity index (χ0n) is 30.6. The number of anilines is 1. The van der Waals surface area contributed by atoms with Gasteiger partial charge in [0.25, 0.3) is 5.91 Å². The monoisotopic (exact) mass is 703 g/mol. The highest BCUT2D eigenvalue weighted by Gasteiger charge is 2.31. The summed E-state index contributed by atoms with van der Waals surface area (Å²) in [5.41, 5.74) is 6.55. The molecule has 1 atom stereocenters. The number of hydrazone groups is 1. The fraction of sp³-hybridized carbons (Fsp3) is 0.405. The largest absolute Gasteiger partial charge is 0.354 e. The summed E-state index contributed by atoms with van der Waals surface area (Å²) in [7, 11) is 1.84. The smallest absolute Gasteiger partial charge is 0.272 e. The van der Waals surface area contributed by atoms with E-state index in [9.17, 15) is 14.4 Å². The summed E-state index contributed by atoms with van der Waals surface area (Å²) >= 11 is 0. The molecule has 274 valence electrons. The minimum atomic E-state index is -0.654. The maximum atomic E-state index is 13.9. The van der Waals surface area contributed by atoms with Gasteiger partial charge in [-0.25, -0.2) is 5.43 Å². The van der Waals surface area contributed by atoms with Crippen LogP contribution >= 0.6 is 0 Å². The van der Waals surface area contributed by atoms with Crippen molar-refractivity contribution in [2.45, 2.75) is 96.4 Å². The lowest BCUT2D eigenvalue weighted by Gasteiger charge is -2.30. The van der Waals surface area contributed by atoms with Gasteiger partial charge in [0.1, 0.15) is 6.04 Å². The van der Waals surface area contributed by atoms with Gasteiger partial charge in [-0.1, -0.05) is 86.9 Å². The first-order valence-electron chi connectivity index (χ1n) is 18.8. The van der Waals surface area contributed by atoms with E-state index in [1.165, 1.54) is 0 Å². The fourth-order valence-corrected chi connectivity index (χ4v) is 6.81. The third-order valence-corrected chi connectivity index (χ3v) is 9.45. The second-order valence-corrected chi connectivity index (χ2v) is 13.5. The number of aryl methyl sites for hydroxylation is 1. The minimum absolute atomic E-state index is 0.0555. The van der Waals surface area contributed by atoms with Gasteiger partial charge in [-0.05, 0) is 75.8 Å². The topological polar surface area (TPSA) is 133 Å². The normalized spacial score (nSPS) is 15.8. The van der Waals surface area contributed by atoms with Crippen LogP contribution in [0.4, 0.5) is 5.69 Å². The Kier molecular flexibility index (Phi) is 14.6. The van der Waals surface area contributed by atoms with Crippen molar-refractivity contribution in [1.29, 1.82) is 0 Å². The minimum Gasteiger partial charge on any atom is -0.354 e. The predicted octanol–water partition coefficient (Wildman–Crippen LogP) is 8.57. The molecule has 0 radical (unpaired) electrons. The second kappa shape index (κ2) is 20.0. The van der Waals surface area contributed by atoms with E-state index >= 15 is 0 Å². The number of aromatic amines is 1. The molecule has 3 amide bonds. The van der Waals surface area contributed by atoms with E-state index in [1.54, 1.807) is 23.2 Å². The first-order valence-corrected chi connectivity index (χ1v) is 18.8. The molecule has 1 aliphatic carbocycles. The van der Waals surface area contributed by atoms with E-state index in [2.05, 4.69) is 98.9 Å². The van der Waals surface area contributed by atoms with Crippen molar-refractivity contribution in [3.63, 3.8) is 0 Å². The van der Waals surface area contributed by atoms with Crippen LogP contribution < -0.4 is 16.1 Å². The molecule has 0 saturated heterocycles. The summed E-state index contributed by atoms with van der Waals surface area (Å²) in [6, 6.07) is 2.86. The molecular weight excluding hydrogens is 651 g/mol. The Bertz CT molecular complexity index is 1850. The summed E-state index contributed by atoms with van der Waals surface area (Å²) in [6.45, 7) is 2.14.